The highest BCUT2D eigenvalue weighted by molar-refractivity contribution is 4.61. The van der Waals surface area contributed by atoms with Crippen LogP contribution in [0.2, 0.25) is 0 Å². The molecule has 1 heteroatoms. The standard InChI is InChI=1S/C22H46O/c1-3-5-7-9-11-13-15-18-22(20-17-21-23)19-16-14-12-10-8-6-4-2/h22-23H,3-21H2,1-2H3. The summed E-state index contributed by atoms with van der Waals surface area (Å²) in [5, 5.41) is 9.10. The molecule has 0 radical (unpaired) electrons. The summed E-state index contributed by atoms with van der Waals surface area (Å²) in [5.41, 5.74) is 0. The van der Waals surface area contributed by atoms with E-state index in [0.717, 1.165) is 12.3 Å². The van der Waals surface area contributed by atoms with Crippen LogP contribution in [0.4, 0.5) is 0 Å². The second-order valence-corrected chi connectivity index (χ2v) is 7.55. The van der Waals surface area contributed by atoms with E-state index in [0.29, 0.717) is 6.61 Å². The second-order valence-electron chi connectivity index (χ2n) is 7.55. The number of unbranched alkanes of at least 4 members (excludes halogenated alkanes) is 12. The van der Waals surface area contributed by atoms with Gasteiger partial charge >= 0.3 is 0 Å². The lowest BCUT2D eigenvalue weighted by Crippen LogP contribution is -2.02. The van der Waals surface area contributed by atoms with Gasteiger partial charge in [0.15, 0.2) is 0 Å². The molecule has 0 aliphatic rings. The topological polar surface area (TPSA) is 20.2 Å². The summed E-state index contributed by atoms with van der Waals surface area (Å²) in [6.07, 6.45) is 24.9. The maximum atomic E-state index is 9.10. The van der Waals surface area contributed by atoms with Gasteiger partial charge in [0.25, 0.3) is 0 Å². The zero-order valence-electron chi connectivity index (χ0n) is 16.5. The van der Waals surface area contributed by atoms with Crippen LogP contribution in [0.25, 0.3) is 0 Å². The lowest BCUT2D eigenvalue weighted by Gasteiger charge is -2.16. The normalized spacial score (nSPS) is 11.5. The first-order valence-corrected chi connectivity index (χ1v) is 11.0. The average Bonchev–Trinajstić information content (AvgIpc) is 2.57. The van der Waals surface area contributed by atoms with E-state index in [9.17, 15) is 0 Å². The molecular weight excluding hydrogens is 280 g/mol. The minimum atomic E-state index is 0.379. The van der Waals surface area contributed by atoms with Gasteiger partial charge in [-0.15, -0.1) is 0 Å². The van der Waals surface area contributed by atoms with Crippen molar-refractivity contribution in [2.45, 2.75) is 129 Å². The fourth-order valence-electron chi connectivity index (χ4n) is 3.59. The molecule has 0 aliphatic carbocycles. The summed E-state index contributed by atoms with van der Waals surface area (Å²) in [6.45, 7) is 4.95. The summed E-state index contributed by atoms with van der Waals surface area (Å²) >= 11 is 0. The van der Waals surface area contributed by atoms with Crippen molar-refractivity contribution < 1.29 is 5.11 Å². The van der Waals surface area contributed by atoms with Crippen LogP contribution in [0.3, 0.4) is 0 Å². The molecule has 0 saturated heterocycles. The van der Waals surface area contributed by atoms with Crippen molar-refractivity contribution in [3.05, 3.63) is 0 Å². The molecule has 0 unspecified atom stereocenters. The minimum Gasteiger partial charge on any atom is -0.396 e. The molecule has 0 aromatic heterocycles. The van der Waals surface area contributed by atoms with Crippen LogP contribution in [0, 0.1) is 5.92 Å². The van der Waals surface area contributed by atoms with Gasteiger partial charge in [0.1, 0.15) is 0 Å². The van der Waals surface area contributed by atoms with E-state index >= 15 is 0 Å². The highest BCUT2D eigenvalue weighted by Gasteiger charge is 2.08. The molecule has 0 amide bonds. The number of rotatable bonds is 19. The Morgan fingerprint density at radius 1 is 0.478 bits per heavy atom. The molecule has 0 bridgehead atoms. The fourth-order valence-corrected chi connectivity index (χ4v) is 3.59. The maximum absolute atomic E-state index is 9.10. The molecule has 0 aromatic carbocycles. The van der Waals surface area contributed by atoms with Crippen molar-refractivity contribution in [1.82, 2.24) is 0 Å². The Balaban J connectivity index is 3.56. The van der Waals surface area contributed by atoms with Gasteiger partial charge < -0.3 is 5.11 Å². The third kappa shape index (κ3) is 18.1. The average molecular weight is 327 g/mol. The van der Waals surface area contributed by atoms with Crippen molar-refractivity contribution >= 4 is 0 Å². The van der Waals surface area contributed by atoms with Gasteiger partial charge in [-0.1, -0.05) is 117 Å². The van der Waals surface area contributed by atoms with Crippen LogP contribution >= 0.6 is 0 Å². The Hall–Kier alpha value is -0.0400. The molecule has 0 spiro atoms. The summed E-state index contributed by atoms with van der Waals surface area (Å²) in [4.78, 5) is 0. The highest BCUT2D eigenvalue weighted by atomic mass is 16.2. The van der Waals surface area contributed by atoms with Crippen LogP contribution in [0.15, 0.2) is 0 Å². The predicted octanol–water partition coefficient (Wildman–Crippen LogP) is 7.66. The highest BCUT2D eigenvalue weighted by Crippen LogP contribution is 2.23. The molecule has 0 rings (SSSR count). The lowest BCUT2D eigenvalue weighted by molar-refractivity contribution is 0.261. The molecule has 0 aromatic rings. The van der Waals surface area contributed by atoms with Crippen LogP contribution in [0.5, 0.6) is 0 Å². The van der Waals surface area contributed by atoms with E-state index in [1.807, 2.05) is 0 Å². The number of hydrogen-bond acceptors (Lipinski definition) is 1. The van der Waals surface area contributed by atoms with Gasteiger partial charge in [-0.05, 0) is 18.8 Å². The number of aliphatic hydroxyl groups excluding tert-OH is 1. The summed E-state index contributed by atoms with van der Waals surface area (Å²) in [7, 11) is 0. The first-order valence-electron chi connectivity index (χ1n) is 11.0. The first kappa shape index (κ1) is 23.0. The third-order valence-corrected chi connectivity index (χ3v) is 5.20. The molecular formula is C22H46O. The quantitative estimate of drug-likeness (QED) is 0.242. The summed E-state index contributed by atoms with van der Waals surface area (Å²) in [5.74, 6) is 0.883. The van der Waals surface area contributed by atoms with E-state index in [1.165, 1.54) is 109 Å². The lowest BCUT2D eigenvalue weighted by atomic mass is 9.90. The van der Waals surface area contributed by atoms with E-state index in [1.54, 1.807) is 0 Å². The van der Waals surface area contributed by atoms with Gasteiger partial charge in [0.2, 0.25) is 0 Å². The molecule has 140 valence electrons. The monoisotopic (exact) mass is 326 g/mol. The van der Waals surface area contributed by atoms with Gasteiger partial charge in [-0.2, -0.15) is 0 Å². The van der Waals surface area contributed by atoms with Gasteiger partial charge in [0.05, 0.1) is 0 Å². The summed E-state index contributed by atoms with van der Waals surface area (Å²) in [6, 6.07) is 0. The Morgan fingerprint density at radius 3 is 1.22 bits per heavy atom. The largest absolute Gasteiger partial charge is 0.396 e. The van der Waals surface area contributed by atoms with Gasteiger partial charge in [0, 0.05) is 6.61 Å². The van der Waals surface area contributed by atoms with Crippen molar-refractivity contribution in [2.75, 3.05) is 6.61 Å². The summed E-state index contributed by atoms with van der Waals surface area (Å²) < 4.78 is 0. The van der Waals surface area contributed by atoms with Crippen LogP contribution in [-0.2, 0) is 0 Å². The zero-order valence-corrected chi connectivity index (χ0v) is 16.5. The maximum Gasteiger partial charge on any atom is 0.0431 e. The van der Waals surface area contributed by atoms with Crippen molar-refractivity contribution in [3.63, 3.8) is 0 Å². The van der Waals surface area contributed by atoms with E-state index < -0.39 is 0 Å². The van der Waals surface area contributed by atoms with Crippen molar-refractivity contribution in [3.8, 4) is 0 Å². The van der Waals surface area contributed by atoms with Crippen molar-refractivity contribution in [1.29, 1.82) is 0 Å². The molecule has 0 saturated carbocycles. The Kier molecular flexibility index (Phi) is 20.0. The molecule has 1 nitrogen and oxygen atoms in total. The Labute approximate surface area is 147 Å². The first-order chi connectivity index (χ1) is 11.3. The van der Waals surface area contributed by atoms with Gasteiger partial charge in [-0.3, -0.25) is 0 Å². The number of aliphatic hydroxyl groups is 1. The zero-order chi connectivity index (χ0) is 17.0. The predicted molar refractivity (Wildman–Crippen MR) is 105 cm³/mol. The van der Waals surface area contributed by atoms with Crippen LogP contribution in [0.1, 0.15) is 129 Å². The van der Waals surface area contributed by atoms with E-state index in [4.69, 9.17) is 5.11 Å². The third-order valence-electron chi connectivity index (χ3n) is 5.20. The van der Waals surface area contributed by atoms with Gasteiger partial charge in [-0.25, -0.2) is 0 Å². The molecule has 0 atom stereocenters. The van der Waals surface area contributed by atoms with Crippen LogP contribution in [-0.4, -0.2) is 11.7 Å². The van der Waals surface area contributed by atoms with E-state index in [-0.39, 0.29) is 0 Å². The molecule has 0 heterocycles. The smallest absolute Gasteiger partial charge is 0.0431 e. The SMILES string of the molecule is CCCCCCCCCC(CCCO)CCCCCCCCC. The molecule has 23 heavy (non-hydrogen) atoms. The molecule has 0 fully saturated rings. The molecule has 0 aliphatic heterocycles. The minimum absolute atomic E-state index is 0.379. The van der Waals surface area contributed by atoms with Crippen molar-refractivity contribution in [2.24, 2.45) is 5.92 Å². The fraction of sp³-hybridized carbons (Fsp3) is 1.00. The second kappa shape index (κ2) is 20.0. The molecule has 1 N–H and O–H groups in total. The van der Waals surface area contributed by atoms with Crippen LogP contribution < -0.4 is 0 Å². The Bertz CT molecular complexity index is 184. The number of hydrogen-bond donors (Lipinski definition) is 1. The van der Waals surface area contributed by atoms with E-state index in [2.05, 4.69) is 13.8 Å². The Morgan fingerprint density at radius 2 is 0.826 bits per heavy atom.